The molecule has 3 N–H and O–H groups in total. The van der Waals surface area contributed by atoms with Crippen molar-refractivity contribution in [1.82, 2.24) is 4.90 Å². The average molecular weight is 303 g/mol. The van der Waals surface area contributed by atoms with Crippen molar-refractivity contribution in [3.63, 3.8) is 0 Å². The summed E-state index contributed by atoms with van der Waals surface area (Å²) >= 11 is 1.80. The molecule has 0 saturated heterocycles. The Balaban J connectivity index is 1.95. The number of amidine groups is 1. The average Bonchev–Trinajstić information content (AvgIpc) is 2.99. The third-order valence-corrected chi connectivity index (χ3v) is 4.44. The SMILES string of the molecule is Cc1cc(/C(N)=N/O)ccc1CN(C)CCc1cccs1. The first kappa shape index (κ1) is 15.5. The summed E-state index contributed by atoms with van der Waals surface area (Å²) in [5.74, 6) is 0.149. The highest BCUT2D eigenvalue weighted by atomic mass is 32.1. The Bertz CT molecular complexity index is 608. The Labute approximate surface area is 129 Å². The molecule has 21 heavy (non-hydrogen) atoms. The first-order chi connectivity index (χ1) is 10.1. The minimum atomic E-state index is 0.149. The van der Waals surface area contributed by atoms with E-state index in [4.69, 9.17) is 10.9 Å². The summed E-state index contributed by atoms with van der Waals surface area (Å²) in [6.45, 7) is 3.98. The van der Waals surface area contributed by atoms with Crippen LogP contribution in [0.15, 0.2) is 40.9 Å². The molecule has 0 fully saturated rings. The third-order valence-electron chi connectivity index (χ3n) is 3.51. The van der Waals surface area contributed by atoms with Crippen molar-refractivity contribution in [3.05, 3.63) is 57.3 Å². The van der Waals surface area contributed by atoms with Crippen LogP contribution in [-0.2, 0) is 13.0 Å². The van der Waals surface area contributed by atoms with E-state index in [2.05, 4.69) is 41.5 Å². The van der Waals surface area contributed by atoms with E-state index in [9.17, 15) is 0 Å². The molecular weight excluding hydrogens is 282 g/mol. The fourth-order valence-electron chi connectivity index (χ4n) is 2.22. The highest BCUT2D eigenvalue weighted by molar-refractivity contribution is 7.09. The highest BCUT2D eigenvalue weighted by Gasteiger charge is 2.07. The highest BCUT2D eigenvalue weighted by Crippen LogP contribution is 2.14. The Morgan fingerprint density at radius 1 is 1.38 bits per heavy atom. The second kappa shape index (κ2) is 7.24. The van der Waals surface area contributed by atoms with Crippen molar-refractivity contribution in [2.24, 2.45) is 10.9 Å². The second-order valence-electron chi connectivity index (χ2n) is 5.19. The topological polar surface area (TPSA) is 61.9 Å². The monoisotopic (exact) mass is 303 g/mol. The molecule has 0 unspecified atom stereocenters. The molecule has 5 heteroatoms. The number of nitrogens with zero attached hydrogens (tertiary/aromatic N) is 2. The summed E-state index contributed by atoms with van der Waals surface area (Å²) in [5.41, 5.74) is 8.77. The maximum Gasteiger partial charge on any atom is 0.170 e. The summed E-state index contributed by atoms with van der Waals surface area (Å²) < 4.78 is 0. The molecule has 1 heterocycles. The van der Waals surface area contributed by atoms with Crippen molar-refractivity contribution in [2.75, 3.05) is 13.6 Å². The van der Waals surface area contributed by atoms with Crippen molar-refractivity contribution >= 4 is 17.2 Å². The molecule has 0 saturated carbocycles. The van der Waals surface area contributed by atoms with Gasteiger partial charge in [-0.3, -0.25) is 0 Å². The molecule has 0 amide bonds. The number of hydrogen-bond donors (Lipinski definition) is 2. The van der Waals surface area contributed by atoms with Gasteiger partial charge in [-0.2, -0.15) is 0 Å². The minimum absolute atomic E-state index is 0.149. The molecule has 0 spiro atoms. The Hall–Kier alpha value is -1.85. The lowest BCUT2D eigenvalue weighted by Crippen LogP contribution is -2.21. The zero-order chi connectivity index (χ0) is 15.2. The van der Waals surface area contributed by atoms with E-state index in [0.717, 1.165) is 30.6 Å². The van der Waals surface area contributed by atoms with Crippen LogP contribution in [0.3, 0.4) is 0 Å². The molecule has 4 nitrogen and oxygen atoms in total. The van der Waals surface area contributed by atoms with Crippen molar-refractivity contribution in [3.8, 4) is 0 Å². The molecule has 0 aliphatic rings. The fourth-order valence-corrected chi connectivity index (χ4v) is 2.91. The minimum Gasteiger partial charge on any atom is -0.409 e. The van der Waals surface area contributed by atoms with Crippen LogP contribution in [0.5, 0.6) is 0 Å². The van der Waals surface area contributed by atoms with Gasteiger partial charge in [0.1, 0.15) is 0 Å². The Kier molecular flexibility index (Phi) is 5.36. The van der Waals surface area contributed by atoms with Crippen LogP contribution in [0.4, 0.5) is 0 Å². The number of aryl methyl sites for hydroxylation is 1. The van der Waals surface area contributed by atoms with E-state index < -0.39 is 0 Å². The largest absolute Gasteiger partial charge is 0.409 e. The molecule has 2 aromatic rings. The summed E-state index contributed by atoms with van der Waals surface area (Å²) in [7, 11) is 2.13. The summed E-state index contributed by atoms with van der Waals surface area (Å²) in [4.78, 5) is 3.73. The second-order valence-corrected chi connectivity index (χ2v) is 6.23. The van der Waals surface area contributed by atoms with Gasteiger partial charge in [-0.05, 0) is 49.0 Å². The predicted octanol–water partition coefficient (Wildman–Crippen LogP) is 2.83. The molecule has 1 aromatic carbocycles. The van der Waals surface area contributed by atoms with Crippen LogP contribution in [-0.4, -0.2) is 29.5 Å². The molecule has 112 valence electrons. The summed E-state index contributed by atoms with van der Waals surface area (Å²) in [6, 6.07) is 10.2. The summed E-state index contributed by atoms with van der Waals surface area (Å²) in [6.07, 6.45) is 1.08. The van der Waals surface area contributed by atoms with Gasteiger partial charge in [-0.15, -0.1) is 11.3 Å². The first-order valence-electron chi connectivity index (χ1n) is 6.88. The van der Waals surface area contributed by atoms with Crippen LogP contribution >= 0.6 is 11.3 Å². The molecule has 2 rings (SSSR count). The van der Waals surface area contributed by atoms with Gasteiger partial charge in [0.05, 0.1) is 0 Å². The molecule has 0 bridgehead atoms. The van der Waals surface area contributed by atoms with Gasteiger partial charge in [0.2, 0.25) is 0 Å². The number of benzene rings is 1. The number of oxime groups is 1. The van der Waals surface area contributed by atoms with Crippen LogP contribution in [0.25, 0.3) is 0 Å². The zero-order valence-electron chi connectivity index (χ0n) is 12.4. The standard InChI is InChI=1S/C16H21N3OS/c1-12-10-13(16(17)18-20)5-6-14(12)11-19(2)8-7-15-4-3-9-21-15/h3-6,9-10,20H,7-8,11H2,1-2H3,(H2,17,18). The number of hydrogen-bond acceptors (Lipinski definition) is 4. The van der Waals surface area contributed by atoms with Crippen molar-refractivity contribution < 1.29 is 5.21 Å². The molecule has 0 aliphatic carbocycles. The number of nitrogens with two attached hydrogens (primary N) is 1. The molecule has 0 atom stereocenters. The number of likely N-dealkylation sites (N-methyl/N-ethyl adjacent to an activating group) is 1. The smallest absolute Gasteiger partial charge is 0.170 e. The Morgan fingerprint density at radius 2 is 2.19 bits per heavy atom. The quantitative estimate of drug-likeness (QED) is 0.373. The lowest BCUT2D eigenvalue weighted by Gasteiger charge is -2.18. The van der Waals surface area contributed by atoms with E-state index >= 15 is 0 Å². The van der Waals surface area contributed by atoms with E-state index in [1.54, 1.807) is 11.3 Å². The number of thiophene rings is 1. The van der Waals surface area contributed by atoms with Crippen LogP contribution in [0.1, 0.15) is 21.6 Å². The van der Waals surface area contributed by atoms with Gasteiger partial charge in [0.15, 0.2) is 5.84 Å². The number of rotatable bonds is 6. The molecule has 1 aromatic heterocycles. The third kappa shape index (κ3) is 4.31. The van der Waals surface area contributed by atoms with Crippen molar-refractivity contribution in [2.45, 2.75) is 19.9 Å². The van der Waals surface area contributed by atoms with Crippen LogP contribution < -0.4 is 5.73 Å². The molecule has 0 radical (unpaired) electrons. The normalized spacial score (nSPS) is 12.0. The van der Waals surface area contributed by atoms with Gasteiger partial charge in [-0.25, -0.2) is 0 Å². The van der Waals surface area contributed by atoms with Crippen LogP contribution in [0, 0.1) is 6.92 Å². The first-order valence-corrected chi connectivity index (χ1v) is 7.76. The van der Waals surface area contributed by atoms with Gasteiger partial charge < -0.3 is 15.8 Å². The van der Waals surface area contributed by atoms with Crippen LogP contribution in [0.2, 0.25) is 0 Å². The Morgan fingerprint density at radius 3 is 2.81 bits per heavy atom. The van der Waals surface area contributed by atoms with E-state index in [0.29, 0.717) is 0 Å². The van der Waals surface area contributed by atoms with E-state index in [-0.39, 0.29) is 5.84 Å². The van der Waals surface area contributed by atoms with E-state index in [1.807, 2.05) is 18.2 Å². The maximum absolute atomic E-state index is 8.71. The maximum atomic E-state index is 8.71. The van der Waals surface area contributed by atoms with Gasteiger partial charge in [0.25, 0.3) is 0 Å². The van der Waals surface area contributed by atoms with E-state index in [1.165, 1.54) is 10.4 Å². The lowest BCUT2D eigenvalue weighted by molar-refractivity contribution is 0.318. The fraction of sp³-hybridized carbons (Fsp3) is 0.312. The molecule has 0 aliphatic heterocycles. The van der Waals surface area contributed by atoms with Crippen molar-refractivity contribution in [1.29, 1.82) is 0 Å². The van der Waals surface area contributed by atoms with Gasteiger partial charge >= 0.3 is 0 Å². The predicted molar refractivity (Wildman–Crippen MR) is 88.0 cm³/mol. The summed E-state index contributed by atoms with van der Waals surface area (Å²) in [5, 5.41) is 13.9. The zero-order valence-corrected chi connectivity index (χ0v) is 13.2. The lowest BCUT2D eigenvalue weighted by atomic mass is 10.0. The van der Waals surface area contributed by atoms with Gasteiger partial charge in [-0.1, -0.05) is 23.4 Å². The molecular formula is C16H21N3OS. The van der Waals surface area contributed by atoms with Gasteiger partial charge in [0, 0.05) is 23.5 Å².